The molecule has 0 amide bonds. The highest BCUT2D eigenvalue weighted by Crippen LogP contribution is 2.32. The van der Waals surface area contributed by atoms with E-state index in [1.165, 1.54) is 6.07 Å². The topological polar surface area (TPSA) is 64.4 Å². The highest BCUT2D eigenvalue weighted by Gasteiger charge is 2.18. The summed E-state index contributed by atoms with van der Waals surface area (Å²) in [4.78, 5) is 10.1. The molecule has 5 nitrogen and oxygen atoms in total. The summed E-state index contributed by atoms with van der Waals surface area (Å²) in [7, 11) is 0. The normalized spacial score (nSPS) is 10.7. The molecule has 0 radical (unpaired) electrons. The van der Waals surface area contributed by atoms with Crippen molar-refractivity contribution in [3.8, 4) is 5.75 Å². The van der Waals surface area contributed by atoms with E-state index in [2.05, 4.69) is 21.2 Å². The van der Waals surface area contributed by atoms with Gasteiger partial charge in [0.05, 0.1) is 15.5 Å². The Morgan fingerprint density at radius 1 is 1.56 bits per heavy atom. The van der Waals surface area contributed by atoms with Crippen LogP contribution in [-0.2, 0) is 0 Å². The van der Waals surface area contributed by atoms with Crippen LogP contribution in [0.1, 0.15) is 13.8 Å². The minimum Gasteiger partial charge on any atom is -0.485 e. The number of halogens is 2. The quantitative estimate of drug-likeness (QED) is 0.497. The lowest BCUT2D eigenvalue weighted by atomic mass is 10.3. The van der Waals surface area contributed by atoms with E-state index in [0.717, 1.165) is 6.07 Å². The number of nitrogens with one attached hydrogen (secondary N) is 1. The van der Waals surface area contributed by atoms with Crippen LogP contribution in [0, 0.1) is 15.9 Å². The molecule has 0 atom stereocenters. The van der Waals surface area contributed by atoms with E-state index >= 15 is 0 Å². The highest BCUT2D eigenvalue weighted by atomic mass is 79.9. The molecule has 1 aromatic carbocycles. The summed E-state index contributed by atoms with van der Waals surface area (Å²) in [5.74, 6) is -0.631. The van der Waals surface area contributed by atoms with E-state index in [0.29, 0.717) is 12.6 Å². The monoisotopic (exact) mass is 320 g/mol. The lowest BCUT2D eigenvalue weighted by Crippen LogP contribution is -2.27. The summed E-state index contributed by atoms with van der Waals surface area (Å²) in [6, 6.07) is 2.42. The van der Waals surface area contributed by atoms with Crippen LogP contribution in [0.5, 0.6) is 5.75 Å². The molecule has 0 heterocycles. The molecule has 0 spiro atoms. The first kappa shape index (κ1) is 14.8. The summed E-state index contributed by atoms with van der Waals surface area (Å²) in [6.45, 7) is 4.80. The molecule has 0 aliphatic heterocycles. The number of nitrogens with zero attached hydrogens (tertiary/aromatic N) is 1. The molecule has 0 saturated carbocycles. The molecule has 0 aliphatic carbocycles. The fourth-order valence-electron chi connectivity index (χ4n) is 1.28. The molecule has 0 bridgehead atoms. The summed E-state index contributed by atoms with van der Waals surface area (Å²) in [5, 5.41) is 13.9. The third kappa shape index (κ3) is 4.23. The summed E-state index contributed by atoms with van der Waals surface area (Å²) in [6.07, 6.45) is 0. The van der Waals surface area contributed by atoms with Gasteiger partial charge in [0.15, 0.2) is 5.75 Å². The molecule has 7 heteroatoms. The van der Waals surface area contributed by atoms with Gasteiger partial charge < -0.3 is 10.1 Å². The Hall–Kier alpha value is -1.21. The molecule has 0 aromatic heterocycles. The van der Waals surface area contributed by atoms with Crippen LogP contribution in [0.4, 0.5) is 10.1 Å². The third-order valence-electron chi connectivity index (χ3n) is 2.11. The average molecular weight is 321 g/mol. The van der Waals surface area contributed by atoms with Gasteiger partial charge >= 0.3 is 5.69 Å². The van der Waals surface area contributed by atoms with Crippen molar-refractivity contribution in [2.45, 2.75) is 19.9 Å². The predicted octanol–water partition coefficient (Wildman–Crippen LogP) is 2.87. The number of nitro groups is 1. The Bertz CT molecular complexity index is 441. The maximum absolute atomic E-state index is 13.2. The molecule has 0 unspecified atom stereocenters. The van der Waals surface area contributed by atoms with Gasteiger partial charge in [0, 0.05) is 18.7 Å². The van der Waals surface area contributed by atoms with Crippen LogP contribution >= 0.6 is 15.9 Å². The van der Waals surface area contributed by atoms with Gasteiger partial charge in [-0.2, -0.15) is 0 Å². The van der Waals surface area contributed by atoms with E-state index < -0.39 is 10.7 Å². The van der Waals surface area contributed by atoms with Gasteiger partial charge in [-0.05, 0) is 15.9 Å². The van der Waals surface area contributed by atoms with E-state index in [-0.39, 0.29) is 22.5 Å². The van der Waals surface area contributed by atoms with Crippen LogP contribution in [0.2, 0.25) is 0 Å². The van der Waals surface area contributed by atoms with Crippen LogP contribution in [-0.4, -0.2) is 24.1 Å². The number of nitro benzene ring substituents is 1. The number of hydrogen-bond donors (Lipinski definition) is 1. The Morgan fingerprint density at radius 2 is 2.22 bits per heavy atom. The molecule has 0 saturated heterocycles. The van der Waals surface area contributed by atoms with Gasteiger partial charge in [-0.25, -0.2) is 4.39 Å². The van der Waals surface area contributed by atoms with E-state index in [4.69, 9.17) is 4.74 Å². The molecular formula is C11H14BrFN2O3. The maximum Gasteiger partial charge on any atom is 0.313 e. The summed E-state index contributed by atoms with van der Waals surface area (Å²) in [5.41, 5.74) is -0.375. The molecule has 1 aromatic rings. The fourth-order valence-corrected chi connectivity index (χ4v) is 1.61. The molecule has 1 N–H and O–H groups in total. The van der Waals surface area contributed by atoms with Crippen molar-refractivity contribution >= 4 is 21.6 Å². The molecule has 100 valence electrons. The fraction of sp³-hybridized carbons (Fsp3) is 0.455. The van der Waals surface area contributed by atoms with Crippen LogP contribution in [0.25, 0.3) is 0 Å². The average Bonchev–Trinajstić information content (AvgIpc) is 2.28. The Balaban J connectivity index is 2.74. The Kier molecular flexibility index (Phi) is 5.49. The second-order valence-corrected chi connectivity index (χ2v) is 4.80. The summed E-state index contributed by atoms with van der Waals surface area (Å²) < 4.78 is 18.6. The van der Waals surface area contributed by atoms with E-state index in [1.54, 1.807) is 0 Å². The third-order valence-corrected chi connectivity index (χ3v) is 2.72. The molecular weight excluding hydrogens is 307 g/mol. The van der Waals surface area contributed by atoms with E-state index in [9.17, 15) is 14.5 Å². The van der Waals surface area contributed by atoms with Crippen LogP contribution in [0.15, 0.2) is 16.6 Å². The number of rotatable bonds is 6. The molecule has 0 fully saturated rings. The van der Waals surface area contributed by atoms with Gasteiger partial charge in [-0.3, -0.25) is 10.1 Å². The van der Waals surface area contributed by atoms with Gasteiger partial charge in [0.2, 0.25) is 0 Å². The standard InChI is InChI=1S/C11H14BrFN2O3/c1-7(2)14-3-4-18-11-5-8(12)9(13)6-10(11)15(16)17/h5-7,14H,3-4H2,1-2H3. The van der Waals surface area contributed by atoms with Gasteiger partial charge in [-0.15, -0.1) is 0 Å². The largest absolute Gasteiger partial charge is 0.485 e. The van der Waals surface area contributed by atoms with Crippen molar-refractivity contribution in [2.75, 3.05) is 13.2 Å². The minimum atomic E-state index is -0.686. The first-order chi connectivity index (χ1) is 8.41. The highest BCUT2D eigenvalue weighted by molar-refractivity contribution is 9.10. The molecule has 18 heavy (non-hydrogen) atoms. The zero-order valence-corrected chi connectivity index (χ0v) is 11.7. The predicted molar refractivity (Wildman–Crippen MR) is 69.4 cm³/mol. The van der Waals surface area contributed by atoms with Crippen molar-refractivity contribution in [3.05, 3.63) is 32.5 Å². The zero-order chi connectivity index (χ0) is 13.7. The number of ether oxygens (including phenoxy) is 1. The van der Waals surface area contributed by atoms with Crippen molar-refractivity contribution < 1.29 is 14.1 Å². The second-order valence-electron chi connectivity index (χ2n) is 3.95. The van der Waals surface area contributed by atoms with Crippen LogP contribution < -0.4 is 10.1 Å². The Morgan fingerprint density at radius 3 is 2.78 bits per heavy atom. The van der Waals surface area contributed by atoms with Crippen LogP contribution in [0.3, 0.4) is 0 Å². The van der Waals surface area contributed by atoms with Crippen molar-refractivity contribution in [1.29, 1.82) is 0 Å². The van der Waals surface area contributed by atoms with Gasteiger partial charge in [0.1, 0.15) is 12.4 Å². The van der Waals surface area contributed by atoms with Crippen molar-refractivity contribution in [3.63, 3.8) is 0 Å². The van der Waals surface area contributed by atoms with Gasteiger partial charge in [-0.1, -0.05) is 13.8 Å². The summed E-state index contributed by atoms with van der Waals surface area (Å²) >= 11 is 2.97. The van der Waals surface area contributed by atoms with E-state index in [1.807, 2.05) is 13.8 Å². The Labute approximate surface area is 113 Å². The lowest BCUT2D eigenvalue weighted by Gasteiger charge is -2.10. The van der Waals surface area contributed by atoms with Crippen molar-refractivity contribution in [2.24, 2.45) is 0 Å². The van der Waals surface area contributed by atoms with Gasteiger partial charge in [0.25, 0.3) is 0 Å². The SMILES string of the molecule is CC(C)NCCOc1cc(Br)c(F)cc1[N+](=O)[O-]. The zero-order valence-electron chi connectivity index (χ0n) is 10.1. The first-order valence-corrected chi connectivity index (χ1v) is 6.20. The number of hydrogen-bond acceptors (Lipinski definition) is 4. The second kappa shape index (κ2) is 6.65. The smallest absolute Gasteiger partial charge is 0.313 e. The minimum absolute atomic E-state index is 0.0545. The molecule has 0 aliphatic rings. The maximum atomic E-state index is 13.2. The first-order valence-electron chi connectivity index (χ1n) is 5.41. The number of benzene rings is 1. The molecule has 1 rings (SSSR count). The van der Waals surface area contributed by atoms with Crippen molar-refractivity contribution in [1.82, 2.24) is 5.32 Å². The lowest BCUT2D eigenvalue weighted by molar-refractivity contribution is -0.386.